The summed E-state index contributed by atoms with van der Waals surface area (Å²) in [5.41, 5.74) is -1.52. The maximum Gasteiger partial charge on any atom is 0.410 e. The van der Waals surface area contributed by atoms with Crippen molar-refractivity contribution in [2.45, 2.75) is 70.2 Å². The third kappa shape index (κ3) is 5.55. The number of benzene rings is 1. The molecule has 0 unspecified atom stereocenters. The Hall–Kier alpha value is -2.88. The summed E-state index contributed by atoms with van der Waals surface area (Å²) in [7, 11) is 1.48. The number of amides is 3. The summed E-state index contributed by atoms with van der Waals surface area (Å²) in [6.45, 7) is 7.61. The molecule has 1 aromatic rings. The molecule has 1 fully saturated rings. The number of hydrogen-bond acceptors (Lipinski definition) is 6. The molecule has 3 amide bonds. The van der Waals surface area contributed by atoms with Gasteiger partial charge in [-0.2, -0.15) is 0 Å². The Kier molecular flexibility index (Phi) is 7.16. The molecule has 1 aromatic carbocycles. The van der Waals surface area contributed by atoms with Crippen LogP contribution in [-0.4, -0.2) is 66.4 Å². The fourth-order valence-corrected chi connectivity index (χ4v) is 4.05. The first kappa shape index (κ1) is 24.8. The third-order valence-electron chi connectivity index (χ3n) is 5.77. The summed E-state index contributed by atoms with van der Waals surface area (Å²) >= 11 is 0. The molecule has 0 aromatic heterocycles. The van der Waals surface area contributed by atoms with Gasteiger partial charge in [0.25, 0.3) is 5.91 Å². The van der Waals surface area contributed by atoms with Crippen molar-refractivity contribution in [3.05, 3.63) is 24.0 Å². The van der Waals surface area contributed by atoms with Crippen molar-refractivity contribution in [1.29, 1.82) is 0 Å². The van der Waals surface area contributed by atoms with Gasteiger partial charge in [0.1, 0.15) is 34.9 Å². The molecule has 0 saturated carbocycles. The monoisotopic (exact) mass is 465 g/mol. The van der Waals surface area contributed by atoms with Crippen molar-refractivity contribution in [2.24, 2.45) is 0 Å². The molecule has 9 nitrogen and oxygen atoms in total. The number of carbonyl (C=O) groups excluding carboxylic acids is 3. The van der Waals surface area contributed by atoms with Crippen LogP contribution < -0.4 is 15.4 Å². The number of rotatable bonds is 4. The van der Waals surface area contributed by atoms with Crippen molar-refractivity contribution < 1.29 is 33.0 Å². The van der Waals surface area contributed by atoms with Gasteiger partial charge in [-0.25, -0.2) is 9.18 Å². The van der Waals surface area contributed by atoms with E-state index in [-0.39, 0.29) is 5.75 Å². The predicted molar refractivity (Wildman–Crippen MR) is 118 cm³/mol. The van der Waals surface area contributed by atoms with E-state index >= 15 is 0 Å². The van der Waals surface area contributed by atoms with Crippen LogP contribution in [-0.2, 0) is 19.1 Å². The zero-order valence-electron chi connectivity index (χ0n) is 19.7. The molecule has 3 rings (SSSR count). The highest BCUT2D eigenvalue weighted by Gasteiger charge is 2.50. The van der Waals surface area contributed by atoms with E-state index in [4.69, 9.17) is 14.2 Å². The number of likely N-dealkylation sites (N-methyl/N-ethyl adjacent to an activating group) is 1. The Labute approximate surface area is 192 Å². The van der Waals surface area contributed by atoms with Gasteiger partial charge in [-0.1, -0.05) is 6.92 Å². The van der Waals surface area contributed by atoms with Crippen LogP contribution in [0.2, 0.25) is 0 Å². The number of anilines is 1. The lowest BCUT2D eigenvalue weighted by Crippen LogP contribution is -2.64. The van der Waals surface area contributed by atoms with E-state index in [1.807, 2.05) is 0 Å². The minimum atomic E-state index is -1.13. The first-order valence-corrected chi connectivity index (χ1v) is 11.1. The zero-order valence-corrected chi connectivity index (χ0v) is 19.7. The van der Waals surface area contributed by atoms with E-state index in [1.165, 1.54) is 30.1 Å². The fraction of sp³-hybridized carbons (Fsp3) is 0.609. The molecule has 33 heavy (non-hydrogen) atoms. The van der Waals surface area contributed by atoms with Gasteiger partial charge in [0.2, 0.25) is 5.91 Å². The zero-order chi connectivity index (χ0) is 24.4. The number of carbonyl (C=O) groups is 3. The van der Waals surface area contributed by atoms with Gasteiger partial charge in [-0.3, -0.25) is 14.5 Å². The van der Waals surface area contributed by atoms with Crippen LogP contribution in [0.25, 0.3) is 0 Å². The van der Waals surface area contributed by atoms with Gasteiger partial charge in [-0.05, 0) is 39.3 Å². The van der Waals surface area contributed by atoms with Crippen molar-refractivity contribution in [2.75, 3.05) is 25.6 Å². The molecule has 0 radical (unpaired) electrons. The number of fused-ring (bicyclic) bond motifs is 1. The summed E-state index contributed by atoms with van der Waals surface area (Å²) in [5.74, 6) is -1.30. The number of ether oxygens (including phenoxy) is 3. The maximum atomic E-state index is 13.9. The van der Waals surface area contributed by atoms with E-state index in [9.17, 15) is 18.8 Å². The minimum absolute atomic E-state index is 0.194. The van der Waals surface area contributed by atoms with Crippen LogP contribution in [0.3, 0.4) is 0 Å². The summed E-state index contributed by atoms with van der Waals surface area (Å²) in [5, 5.41) is 5.52. The fourth-order valence-electron chi connectivity index (χ4n) is 4.05. The lowest BCUT2D eigenvalue weighted by atomic mass is 9.85. The Morgan fingerprint density at radius 2 is 2.00 bits per heavy atom. The van der Waals surface area contributed by atoms with Crippen LogP contribution >= 0.6 is 0 Å². The summed E-state index contributed by atoms with van der Waals surface area (Å²) in [4.78, 5) is 40.2. The van der Waals surface area contributed by atoms with Crippen LogP contribution in [0, 0.1) is 5.82 Å². The van der Waals surface area contributed by atoms with Crippen LogP contribution in [0.5, 0.6) is 5.75 Å². The Morgan fingerprint density at radius 1 is 1.33 bits per heavy atom. The molecule has 2 heterocycles. The third-order valence-corrected chi connectivity index (χ3v) is 5.77. The number of nitrogens with zero attached hydrogens (tertiary/aromatic N) is 1. The van der Waals surface area contributed by atoms with E-state index < -0.39 is 47.0 Å². The maximum absolute atomic E-state index is 13.9. The highest BCUT2D eigenvalue weighted by atomic mass is 19.1. The van der Waals surface area contributed by atoms with Gasteiger partial charge in [-0.15, -0.1) is 0 Å². The molecule has 1 spiro atoms. The first-order valence-electron chi connectivity index (χ1n) is 11.1. The second-order valence-corrected chi connectivity index (χ2v) is 9.37. The van der Waals surface area contributed by atoms with Crippen LogP contribution in [0.1, 0.15) is 47.0 Å². The molecule has 0 aliphatic carbocycles. The smallest absolute Gasteiger partial charge is 0.410 e. The summed E-state index contributed by atoms with van der Waals surface area (Å²) < 4.78 is 30.9. The van der Waals surface area contributed by atoms with Gasteiger partial charge in [0.15, 0.2) is 0 Å². The normalized spacial score (nSPS) is 20.5. The Bertz CT molecular complexity index is 910. The van der Waals surface area contributed by atoms with Gasteiger partial charge >= 0.3 is 6.09 Å². The molecule has 2 atom stereocenters. The highest BCUT2D eigenvalue weighted by molar-refractivity contribution is 6.00. The SMILES string of the molecule is CC[C@@H](C(=O)N[C@@H]1C(=O)Nc2ccc(F)cc2OC12CCOCC2)N(C)C(=O)OC(C)(C)C. The molecular weight excluding hydrogens is 433 g/mol. The van der Waals surface area contributed by atoms with Crippen LogP contribution in [0.15, 0.2) is 18.2 Å². The second-order valence-electron chi connectivity index (χ2n) is 9.37. The van der Waals surface area contributed by atoms with E-state index in [0.29, 0.717) is 38.2 Å². The van der Waals surface area contributed by atoms with Crippen molar-refractivity contribution in [3.63, 3.8) is 0 Å². The Morgan fingerprint density at radius 3 is 2.61 bits per heavy atom. The topological polar surface area (TPSA) is 106 Å². The first-order chi connectivity index (χ1) is 15.5. The lowest BCUT2D eigenvalue weighted by Gasteiger charge is -2.41. The molecular formula is C23H32FN3O6. The summed E-state index contributed by atoms with van der Waals surface area (Å²) in [6, 6.07) is 1.91. The molecule has 182 valence electrons. The average molecular weight is 466 g/mol. The predicted octanol–water partition coefficient (Wildman–Crippen LogP) is 2.84. The van der Waals surface area contributed by atoms with E-state index in [2.05, 4.69) is 10.6 Å². The van der Waals surface area contributed by atoms with Crippen molar-refractivity contribution in [3.8, 4) is 5.75 Å². The molecule has 0 bridgehead atoms. The lowest BCUT2D eigenvalue weighted by molar-refractivity contribution is -0.138. The van der Waals surface area contributed by atoms with Crippen molar-refractivity contribution >= 4 is 23.6 Å². The van der Waals surface area contributed by atoms with E-state index in [0.717, 1.165) is 0 Å². The van der Waals surface area contributed by atoms with Gasteiger partial charge < -0.3 is 24.8 Å². The molecule has 2 aliphatic rings. The molecule has 1 saturated heterocycles. The van der Waals surface area contributed by atoms with Gasteiger partial charge in [0.05, 0.1) is 18.9 Å². The van der Waals surface area contributed by atoms with Crippen molar-refractivity contribution in [1.82, 2.24) is 10.2 Å². The molecule has 2 aliphatic heterocycles. The van der Waals surface area contributed by atoms with E-state index in [1.54, 1.807) is 27.7 Å². The highest BCUT2D eigenvalue weighted by Crippen LogP contribution is 2.38. The van der Waals surface area contributed by atoms with Crippen LogP contribution in [0.4, 0.5) is 14.9 Å². The minimum Gasteiger partial charge on any atom is -0.482 e. The molecule has 2 N–H and O–H groups in total. The van der Waals surface area contributed by atoms with Gasteiger partial charge in [0, 0.05) is 26.0 Å². The standard InChI is InChI=1S/C23H32FN3O6/c1-6-16(27(5)21(30)33-22(2,3)4)19(28)26-18-20(29)25-15-8-7-14(24)13-17(15)32-23(18)9-11-31-12-10-23/h7-8,13,16,18H,6,9-12H2,1-5H3,(H,25,29)(H,26,28)/t16-,18+/m0/s1. The second kappa shape index (κ2) is 9.54. The number of hydrogen-bond donors (Lipinski definition) is 2. The number of nitrogens with one attached hydrogen (secondary N) is 2. The number of halogens is 1. The Balaban J connectivity index is 1.87. The quantitative estimate of drug-likeness (QED) is 0.708. The summed E-state index contributed by atoms with van der Waals surface area (Å²) in [6.07, 6.45) is 0.299. The molecule has 10 heteroatoms. The largest absolute Gasteiger partial charge is 0.482 e. The average Bonchev–Trinajstić information content (AvgIpc) is 2.83.